The molecular formula is C110H122Br2N2. The van der Waals surface area contributed by atoms with Crippen LogP contribution in [0, 0.1) is 0 Å². The van der Waals surface area contributed by atoms with Crippen molar-refractivity contribution in [2.75, 3.05) is 4.90 Å². The molecule has 1 aliphatic carbocycles. The molecule has 2 nitrogen and oxygen atoms in total. The zero-order valence-corrected chi connectivity index (χ0v) is 72.4. The lowest BCUT2D eigenvalue weighted by Gasteiger charge is -2.33. The maximum Gasteiger partial charge on any atom is 0.0547 e. The molecule has 0 saturated carbocycles. The van der Waals surface area contributed by atoms with Crippen molar-refractivity contribution in [3.05, 3.63) is 320 Å². The summed E-state index contributed by atoms with van der Waals surface area (Å²) >= 11 is 7.85. The monoisotopic (exact) mass is 1630 g/mol. The first-order valence-electron chi connectivity index (χ1n) is 44.4. The summed E-state index contributed by atoms with van der Waals surface area (Å²) in [5, 5.41) is 2.71. The minimum Gasteiger partial charge on any atom is -0.310 e. The molecule has 0 saturated heterocycles. The molecule has 0 amide bonds. The summed E-state index contributed by atoms with van der Waals surface area (Å²) in [5.74, 6) is 0.0621. The van der Waals surface area contributed by atoms with E-state index in [1.54, 1.807) is 5.56 Å². The zero-order chi connectivity index (χ0) is 78.6. The number of hydrogen-bond acceptors (Lipinski definition) is 1. The third-order valence-electron chi connectivity index (χ3n) is 25.1. The van der Waals surface area contributed by atoms with E-state index < -0.39 is 0 Å². The van der Waals surface area contributed by atoms with Crippen LogP contribution in [-0.4, -0.2) is 4.57 Å². The van der Waals surface area contributed by atoms with Gasteiger partial charge >= 0.3 is 0 Å². The Morgan fingerprint density at radius 3 is 1.20 bits per heavy atom. The van der Waals surface area contributed by atoms with Gasteiger partial charge < -0.3 is 9.47 Å². The fourth-order valence-electron chi connectivity index (χ4n) is 18.6. The van der Waals surface area contributed by atoms with E-state index >= 15 is 0 Å². The van der Waals surface area contributed by atoms with Crippen molar-refractivity contribution in [3.8, 4) is 61.3 Å². The molecule has 14 rings (SSSR count). The quantitative estimate of drug-likeness (QED) is 0.0274. The predicted octanol–water partition coefficient (Wildman–Crippen LogP) is 34.3. The lowest BCUT2D eigenvalue weighted by Crippen LogP contribution is -2.25. The molecule has 1 heterocycles. The molecule has 114 heavy (non-hydrogen) atoms. The largest absolute Gasteiger partial charge is 0.310 e. The molecule has 0 fully saturated rings. The highest BCUT2D eigenvalue weighted by atomic mass is 79.9. The second-order valence-electron chi connectivity index (χ2n) is 33.1. The summed E-state index contributed by atoms with van der Waals surface area (Å²) in [6.45, 7) is 13.9. The fourth-order valence-corrected chi connectivity index (χ4v) is 19.2. The number of fused-ring (bicyclic) bond motifs is 6. The van der Waals surface area contributed by atoms with Gasteiger partial charge in [0.2, 0.25) is 0 Å². The highest BCUT2D eigenvalue weighted by molar-refractivity contribution is 9.10. The molecule has 0 N–H and O–H groups in total. The van der Waals surface area contributed by atoms with E-state index in [0.29, 0.717) is 0 Å². The number of aryl methyl sites for hydroxylation is 4. The van der Waals surface area contributed by atoms with Gasteiger partial charge in [0.1, 0.15) is 0 Å². The molecule has 13 aromatic rings. The van der Waals surface area contributed by atoms with Crippen molar-refractivity contribution in [2.24, 2.45) is 0 Å². The first kappa shape index (κ1) is 81.8. The van der Waals surface area contributed by atoms with Crippen molar-refractivity contribution in [3.63, 3.8) is 0 Å². The lowest BCUT2D eigenvalue weighted by molar-refractivity contribution is 0.398. The van der Waals surface area contributed by atoms with Gasteiger partial charge in [0.25, 0.3) is 0 Å². The van der Waals surface area contributed by atoms with E-state index in [9.17, 15) is 0 Å². The SMILES string of the molecule is CCCCCCCCC1(CCCCCCCC)c2cc(Br)ccc2-c2cc3c(cc21)c1cc(-c2ccccc2)ccc1n3-c1cc(CCCCCC)c(N(c2ccc(-c3ccc(CCCC)cc3)cc2)c2ccc(-c3ccc(C(c4ccc(Br)cc4)c4ccc(-c5ccc(CCCC)cc5)cc4)cc3)cc2)cc1CCCCCC. The minimum atomic E-state index is -0.0783. The molecule has 1 unspecified atom stereocenters. The molecule has 0 bridgehead atoms. The maximum absolute atomic E-state index is 4.10. The number of nitrogens with zero attached hydrogens (tertiary/aromatic N) is 2. The molecule has 12 aromatic carbocycles. The molecule has 0 aliphatic heterocycles. The molecule has 586 valence electrons. The first-order chi connectivity index (χ1) is 56.1. The topological polar surface area (TPSA) is 8.17 Å². The van der Waals surface area contributed by atoms with Crippen molar-refractivity contribution in [1.82, 2.24) is 4.57 Å². The summed E-state index contributed by atoms with van der Waals surface area (Å²) in [7, 11) is 0. The van der Waals surface area contributed by atoms with Crippen LogP contribution in [0.3, 0.4) is 0 Å². The molecule has 1 atom stereocenters. The number of halogens is 2. The number of unbranched alkanes of at least 4 members (excludes halogenated alkanes) is 18. The summed E-state index contributed by atoms with van der Waals surface area (Å²) in [5.41, 5.74) is 32.8. The Hall–Kier alpha value is -8.80. The van der Waals surface area contributed by atoms with Gasteiger partial charge in [-0.15, -0.1) is 0 Å². The highest BCUT2D eigenvalue weighted by Crippen LogP contribution is 2.57. The van der Waals surface area contributed by atoms with Crippen LogP contribution in [0.2, 0.25) is 0 Å². The van der Waals surface area contributed by atoms with E-state index in [1.807, 2.05) is 0 Å². The van der Waals surface area contributed by atoms with Crippen molar-refractivity contribution < 1.29 is 0 Å². The van der Waals surface area contributed by atoms with Crippen LogP contribution in [0.15, 0.2) is 270 Å². The fraction of sp³-hybridized carbons (Fsp3) is 0.345. The van der Waals surface area contributed by atoms with Crippen molar-refractivity contribution >= 4 is 70.7 Å². The van der Waals surface area contributed by atoms with E-state index in [-0.39, 0.29) is 11.3 Å². The second-order valence-corrected chi connectivity index (χ2v) is 35.0. The van der Waals surface area contributed by atoms with Gasteiger partial charge in [0.05, 0.1) is 11.0 Å². The highest BCUT2D eigenvalue weighted by Gasteiger charge is 2.43. The zero-order valence-electron chi connectivity index (χ0n) is 69.3. The van der Waals surface area contributed by atoms with E-state index in [4.69, 9.17) is 0 Å². The smallest absolute Gasteiger partial charge is 0.0547 e. The van der Waals surface area contributed by atoms with Gasteiger partial charge in [0, 0.05) is 53.8 Å². The third-order valence-corrected chi connectivity index (χ3v) is 26.1. The van der Waals surface area contributed by atoms with Gasteiger partial charge in [-0.25, -0.2) is 0 Å². The molecule has 4 heteroatoms. The summed E-state index contributed by atoms with van der Waals surface area (Å²) in [6, 6.07) is 102. The van der Waals surface area contributed by atoms with Crippen molar-refractivity contribution in [2.45, 2.75) is 245 Å². The Balaban J connectivity index is 0.914. The molecule has 1 aliphatic rings. The Labute approximate surface area is 701 Å². The summed E-state index contributed by atoms with van der Waals surface area (Å²) < 4.78 is 5.03. The van der Waals surface area contributed by atoms with Crippen LogP contribution in [0.25, 0.3) is 83.1 Å². The minimum absolute atomic E-state index is 0.0621. The Morgan fingerprint density at radius 2 is 0.702 bits per heavy atom. The van der Waals surface area contributed by atoms with Crippen LogP contribution >= 0.6 is 31.9 Å². The first-order valence-corrected chi connectivity index (χ1v) is 46.0. The van der Waals surface area contributed by atoms with Gasteiger partial charge in [-0.1, -0.05) is 378 Å². The van der Waals surface area contributed by atoms with E-state index in [2.05, 4.69) is 344 Å². The van der Waals surface area contributed by atoms with Crippen LogP contribution < -0.4 is 4.90 Å². The van der Waals surface area contributed by atoms with Crippen molar-refractivity contribution in [1.29, 1.82) is 0 Å². The van der Waals surface area contributed by atoms with Gasteiger partial charge in [-0.3, -0.25) is 0 Å². The number of aromatic nitrogens is 1. The number of rotatable bonds is 41. The third kappa shape index (κ3) is 19.2. The number of anilines is 3. The number of hydrogen-bond donors (Lipinski definition) is 0. The van der Waals surface area contributed by atoms with E-state index in [0.717, 1.165) is 48.7 Å². The predicted molar refractivity (Wildman–Crippen MR) is 502 cm³/mol. The normalized spacial score (nSPS) is 12.6. The number of benzene rings is 12. The molecular weight excluding hydrogens is 1510 g/mol. The molecule has 1 aromatic heterocycles. The standard InChI is InChI=1S/C110H122Br2N2/c1-7-13-19-23-25-32-72-110(73-33-26-24-20-14-8-2)103-77-96(112)65-70-99(103)100-79-108-102(78-104(100)110)101-74-92(82-36-30-27-31-37-82)62-71-105(101)114(108)107-76-93(38-28-21-15-9-3)106(75-94(107)39-29-22-16-10-4)113(97-66-58-87(59-67-97)84-46-42-81(43-47-84)35-18-12-6)98-68-60-88(61-69-98)86-50-54-90(55-51-86)109(91-56-63-95(111)64-57-91)89-52-48-85(49-53-89)83-44-40-80(41-45-83)34-17-11-5/h27,30-31,36-37,40-71,74-79,109H,7-26,28-29,32-35,38-39,72-73H2,1-6H3. The Bertz CT molecular complexity index is 5190. The average molecular weight is 1630 g/mol. The second kappa shape index (κ2) is 40.2. The van der Waals surface area contributed by atoms with Gasteiger partial charge in [0.15, 0.2) is 0 Å². The van der Waals surface area contributed by atoms with E-state index in [1.165, 1.54) is 298 Å². The van der Waals surface area contributed by atoms with Crippen LogP contribution in [0.4, 0.5) is 17.1 Å². The maximum atomic E-state index is 4.10. The Morgan fingerprint density at radius 1 is 0.298 bits per heavy atom. The van der Waals surface area contributed by atoms with Crippen LogP contribution in [-0.2, 0) is 31.1 Å². The van der Waals surface area contributed by atoms with Crippen LogP contribution in [0.5, 0.6) is 0 Å². The molecule has 0 radical (unpaired) electrons. The summed E-state index contributed by atoms with van der Waals surface area (Å²) in [4.78, 5) is 2.63. The molecule has 0 spiro atoms. The lowest BCUT2D eigenvalue weighted by atomic mass is 9.70. The van der Waals surface area contributed by atoms with Gasteiger partial charge in [-0.2, -0.15) is 0 Å². The van der Waals surface area contributed by atoms with Gasteiger partial charge in [-0.05, 0) is 255 Å². The van der Waals surface area contributed by atoms with Crippen LogP contribution in [0.1, 0.15) is 264 Å². The summed E-state index contributed by atoms with van der Waals surface area (Å²) in [6.07, 6.45) is 36.4. The Kier molecular flexibility index (Phi) is 28.8. The average Bonchev–Trinajstić information content (AvgIpc) is 1.54.